The van der Waals surface area contributed by atoms with Gasteiger partial charge in [0.1, 0.15) is 11.6 Å². The van der Waals surface area contributed by atoms with E-state index in [2.05, 4.69) is 25.3 Å². The van der Waals surface area contributed by atoms with Crippen molar-refractivity contribution >= 4 is 28.9 Å². The Bertz CT molecular complexity index is 1530. The molecule has 4 heterocycles. The molecule has 0 unspecified atom stereocenters. The first-order chi connectivity index (χ1) is 19.7. The topological polar surface area (TPSA) is 123 Å². The van der Waals surface area contributed by atoms with Crippen LogP contribution in [0.25, 0.3) is 16.8 Å². The number of nitrogens with two attached hydrogens (primary N) is 1. The zero-order valence-corrected chi connectivity index (χ0v) is 23.2. The van der Waals surface area contributed by atoms with Gasteiger partial charge in [-0.1, -0.05) is 6.92 Å². The molecule has 0 bridgehead atoms. The minimum absolute atomic E-state index is 0.0421. The number of carbonyl (C=O) groups excluding carboxylic acids is 1. The molecule has 3 atom stereocenters. The number of nitrogens with zero attached hydrogens (tertiary/aromatic N) is 6. The highest BCUT2D eigenvalue weighted by Gasteiger charge is 2.38. The van der Waals surface area contributed by atoms with Crippen LogP contribution in [-0.4, -0.2) is 77.0 Å². The summed E-state index contributed by atoms with van der Waals surface area (Å²) in [7, 11) is 4.50. The van der Waals surface area contributed by atoms with Crippen LogP contribution in [0.15, 0.2) is 48.9 Å². The zero-order valence-electron chi connectivity index (χ0n) is 23.2. The van der Waals surface area contributed by atoms with Crippen LogP contribution < -0.4 is 16.0 Å². The normalized spacial score (nSPS) is 18.9. The van der Waals surface area contributed by atoms with Gasteiger partial charge >= 0.3 is 6.09 Å². The molecule has 5 rings (SSSR count). The van der Waals surface area contributed by atoms with Crippen molar-refractivity contribution < 1.29 is 23.0 Å². The highest BCUT2D eigenvalue weighted by atomic mass is 19.1. The van der Waals surface area contributed by atoms with Gasteiger partial charge in [-0.05, 0) is 41.8 Å². The van der Waals surface area contributed by atoms with E-state index in [4.69, 9.17) is 15.2 Å². The maximum absolute atomic E-state index is 14.9. The summed E-state index contributed by atoms with van der Waals surface area (Å²) in [6.07, 6.45) is 4.52. The van der Waals surface area contributed by atoms with Crippen molar-refractivity contribution in [1.29, 1.82) is 0 Å². The summed E-state index contributed by atoms with van der Waals surface area (Å²) in [6, 6.07) is 7.05. The molecule has 216 valence electrons. The lowest BCUT2D eigenvalue weighted by atomic mass is 9.89. The number of carbonyl (C=O) groups is 1. The zero-order chi connectivity index (χ0) is 29.3. The largest absolute Gasteiger partial charge is 0.453 e. The molecule has 41 heavy (non-hydrogen) atoms. The molecule has 1 aliphatic rings. The molecule has 1 saturated heterocycles. The number of pyridine rings is 1. The summed E-state index contributed by atoms with van der Waals surface area (Å²) < 4.78 is 41.2. The molecule has 13 heteroatoms. The van der Waals surface area contributed by atoms with E-state index in [1.165, 1.54) is 30.9 Å². The van der Waals surface area contributed by atoms with Crippen molar-refractivity contribution in [2.45, 2.75) is 25.6 Å². The van der Waals surface area contributed by atoms with Gasteiger partial charge in [0.05, 0.1) is 60.3 Å². The second-order valence-electron chi connectivity index (χ2n) is 10.1. The summed E-state index contributed by atoms with van der Waals surface area (Å²) >= 11 is 0. The number of amides is 1. The molecule has 1 aliphatic heterocycles. The van der Waals surface area contributed by atoms with E-state index in [1.54, 1.807) is 42.7 Å². The first-order valence-corrected chi connectivity index (χ1v) is 13.1. The third-order valence-corrected chi connectivity index (χ3v) is 7.31. The van der Waals surface area contributed by atoms with Gasteiger partial charge in [0.2, 0.25) is 5.95 Å². The van der Waals surface area contributed by atoms with Crippen LogP contribution in [0.3, 0.4) is 0 Å². The number of hydrogen-bond donors (Lipinski definition) is 2. The second-order valence-corrected chi connectivity index (χ2v) is 10.1. The Morgan fingerprint density at radius 3 is 2.61 bits per heavy atom. The smallest absolute Gasteiger partial charge is 0.409 e. The van der Waals surface area contributed by atoms with Crippen molar-refractivity contribution in [2.24, 2.45) is 11.7 Å². The Morgan fingerprint density at radius 2 is 1.93 bits per heavy atom. The van der Waals surface area contributed by atoms with E-state index < -0.39 is 17.7 Å². The number of methoxy groups -OCH3 is 2. The van der Waals surface area contributed by atoms with Gasteiger partial charge in [0.25, 0.3) is 0 Å². The average Bonchev–Trinajstić information content (AvgIpc) is 3.34. The number of benzene rings is 1. The Morgan fingerprint density at radius 1 is 1.17 bits per heavy atom. The van der Waals surface area contributed by atoms with Crippen LogP contribution in [0, 0.1) is 17.6 Å². The fourth-order valence-electron chi connectivity index (χ4n) is 5.55. The standard InChI is InChI=1S/C28H32F2N8O3/c1-16-13-37(14-21(31)26(16)36(2)28(39)41-4)24-7-8-32-12-23(24)34-27-33-11-18-5-6-22(35-38(18)27)25-19(29)9-17(15-40-3)10-20(25)30/h5-12,16,21,26H,13-15,31H2,1-4H3,(H,33,34)/t16-,21+,26-/m0/s1. The Balaban J connectivity index is 1.43. The van der Waals surface area contributed by atoms with Gasteiger partial charge < -0.3 is 30.3 Å². The van der Waals surface area contributed by atoms with Crippen LogP contribution in [0.2, 0.25) is 0 Å². The lowest BCUT2D eigenvalue weighted by Gasteiger charge is -2.45. The molecule has 3 aromatic heterocycles. The maximum atomic E-state index is 14.9. The number of fused-ring (bicyclic) bond motifs is 1. The molecule has 0 spiro atoms. The van der Waals surface area contributed by atoms with Crippen molar-refractivity contribution in [3.8, 4) is 11.3 Å². The lowest BCUT2D eigenvalue weighted by molar-refractivity contribution is 0.0906. The average molecular weight is 567 g/mol. The van der Waals surface area contributed by atoms with Gasteiger partial charge in [0.15, 0.2) is 0 Å². The predicted octanol–water partition coefficient (Wildman–Crippen LogP) is 3.81. The van der Waals surface area contributed by atoms with Crippen molar-refractivity contribution in [2.75, 3.05) is 44.6 Å². The van der Waals surface area contributed by atoms with Crippen molar-refractivity contribution in [3.63, 3.8) is 0 Å². The van der Waals surface area contributed by atoms with E-state index in [1.807, 2.05) is 13.0 Å². The number of ether oxygens (including phenoxy) is 2. The summed E-state index contributed by atoms with van der Waals surface area (Å²) in [5, 5.41) is 7.77. The van der Waals surface area contributed by atoms with Crippen LogP contribution >= 0.6 is 0 Å². The molecule has 4 aromatic rings. The van der Waals surface area contributed by atoms with Crippen LogP contribution in [0.5, 0.6) is 0 Å². The molecule has 11 nitrogen and oxygen atoms in total. The van der Waals surface area contributed by atoms with E-state index in [0.717, 1.165) is 5.69 Å². The van der Waals surface area contributed by atoms with E-state index in [0.29, 0.717) is 35.8 Å². The van der Waals surface area contributed by atoms with E-state index in [-0.39, 0.29) is 35.9 Å². The summed E-state index contributed by atoms with van der Waals surface area (Å²) in [4.78, 5) is 24.5. The molecule has 0 saturated carbocycles. The Kier molecular flexibility index (Phi) is 7.99. The number of imidazole rings is 1. The van der Waals surface area contributed by atoms with Gasteiger partial charge in [-0.15, -0.1) is 0 Å². The molecular weight excluding hydrogens is 534 g/mol. The first-order valence-electron chi connectivity index (χ1n) is 13.1. The van der Waals surface area contributed by atoms with Gasteiger partial charge in [-0.25, -0.2) is 18.6 Å². The fourth-order valence-corrected chi connectivity index (χ4v) is 5.55. The maximum Gasteiger partial charge on any atom is 0.409 e. The van der Waals surface area contributed by atoms with E-state index >= 15 is 0 Å². The molecule has 1 amide bonds. The summed E-state index contributed by atoms with van der Waals surface area (Å²) in [5.74, 6) is -1.09. The molecule has 0 radical (unpaired) electrons. The minimum atomic E-state index is -0.736. The number of piperidine rings is 1. The van der Waals surface area contributed by atoms with Gasteiger partial charge in [-0.2, -0.15) is 9.61 Å². The number of anilines is 3. The van der Waals surface area contributed by atoms with Crippen molar-refractivity contribution in [3.05, 3.63) is 66.1 Å². The fraction of sp³-hybridized carbons (Fsp3) is 0.357. The van der Waals surface area contributed by atoms with Crippen molar-refractivity contribution in [1.82, 2.24) is 24.5 Å². The molecule has 0 aliphatic carbocycles. The van der Waals surface area contributed by atoms with Gasteiger partial charge in [-0.3, -0.25) is 4.98 Å². The van der Waals surface area contributed by atoms with Crippen LogP contribution in [0.1, 0.15) is 12.5 Å². The highest BCUT2D eigenvalue weighted by molar-refractivity contribution is 5.74. The third kappa shape index (κ3) is 5.50. The Labute approximate surface area is 235 Å². The quantitative estimate of drug-likeness (QED) is 0.344. The van der Waals surface area contributed by atoms with Gasteiger partial charge in [0, 0.05) is 39.5 Å². The number of halogens is 2. The molecule has 3 N–H and O–H groups in total. The Hall–Kier alpha value is -4.36. The lowest BCUT2D eigenvalue weighted by Crippen LogP contribution is -2.62. The number of likely N-dealkylation sites (N-methyl/N-ethyl adjacent to an activating group) is 1. The SMILES string of the molecule is COCc1cc(F)c(-c2ccc3cnc(Nc4cnccc4N4C[C@@H](N)[C@@H](N(C)C(=O)OC)[C@@H](C)C4)n3n2)c(F)c1. The number of rotatable bonds is 7. The highest BCUT2D eigenvalue weighted by Crippen LogP contribution is 2.33. The summed E-state index contributed by atoms with van der Waals surface area (Å²) in [6.45, 7) is 3.24. The van der Waals surface area contributed by atoms with Crippen LogP contribution in [-0.2, 0) is 16.1 Å². The number of hydrogen-bond acceptors (Lipinski definition) is 9. The first kappa shape index (κ1) is 28.2. The monoisotopic (exact) mass is 566 g/mol. The third-order valence-electron chi connectivity index (χ3n) is 7.31. The molecule has 1 fully saturated rings. The van der Waals surface area contributed by atoms with Crippen LogP contribution in [0.4, 0.5) is 30.9 Å². The number of nitrogens with one attached hydrogen (secondary N) is 1. The second kappa shape index (κ2) is 11.6. The predicted molar refractivity (Wildman–Crippen MR) is 150 cm³/mol. The molecular formula is C28H32F2N8O3. The number of aromatic nitrogens is 4. The minimum Gasteiger partial charge on any atom is -0.453 e. The van der Waals surface area contributed by atoms with E-state index in [9.17, 15) is 13.6 Å². The molecule has 1 aromatic carbocycles. The summed E-state index contributed by atoms with van der Waals surface area (Å²) in [5.41, 5.74) is 8.91.